The van der Waals surface area contributed by atoms with Crippen LogP contribution in [0, 0.1) is 12.8 Å². The maximum Gasteiger partial charge on any atom is 0.324 e. The molecule has 1 saturated heterocycles. The zero-order valence-corrected chi connectivity index (χ0v) is 27.6. The molecular weight excluding hydrogens is 578 g/mol. The van der Waals surface area contributed by atoms with E-state index in [4.69, 9.17) is 14.6 Å². The van der Waals surface area contributed by atoms with Crippen LogP contribution < -0.4 is 25.4 Å². The van der Waals surface area contributed by atoms with Gasteiger partial charge in [0.2, 0.25) is 0 Å². The number of ether oxygens (including phenoxy) is 2. The summed E-state index contributed by atoms with van der Waals surface area (Å²) >= 11 is 0. The van der Waals surface area contributed by atoms with Gasteiger partial charge in [0.15, 0.2) is 0 Å². The number of aryl methyl sites for hydroxylation is 1. The van der Waals surface area contributed by atoms with Crippen LogP contribution >= 0.6 is 0 Å². The molecule has 9 heteroatoms. The van der Waals surface area contributed by atoms with Crippen molar-refractivity contribution in [2.24, 2.45) is 5.92 Å². The fourth-order valence-electron chi connectivity index (χ4n) is 5.95. The summed E-state index contributed by atoms with van der Waals surface area (Å²) in [6.07, 6.45) is 2.12. The number of ketones is 1. The highest BCUT2D eigenvalue weighted by molar-refractivity contribution is 5.99. The molecule has 2 amide bonds. The van der Waals surface area contributed by atoms with Gasteiger partial charge in [0.25, 0.3) is 0 Å². The van der Waals surface area contributed by atoms with E-state index in [1.807, 2.05) is 73.7 Å². The number of carbonyl (C=O) groups excluding carboxylic acids is 2. The Hall–Kier alpha value is -4.63. The van der Waals surface area contributed by atoms with E-state index in [-0.39, 0.29) is 35.5 Å². The van der Waals surface area contributed by atoms with Gasteiger partial charge in [-0.1, -0.05) is 50.6 Å². The molecule has 3 aromatic carbocycles. The molecule has 1 unspecified atom stereocenters. The van der Waals surface area contributed by atoms with E-state index in [0.717, 1.165) is 54.0 Å². The Kier molecular flexibility index (Phi) is 10.1. The number of piperidine rings is 1. The number of nitrogens with one attached hydrogen (secondary N) is 3. The minimum Gasteiger partial charge on any atom is -0.497 e. The van der Waals surface area contributed by atoms with Crippen molar-refractivity contribution in [1.82, 2.24) is 15.1 Å². The number of urea groups is 1. The summed E-state index contributed by atoms with van der Waals surface area (Å²) in [5.74, 6) is 2.01. The maximum absolute atomic E-state index is 13.9. The zero-order valence-electron chi connectivity index (χ0n) is 27.6. The minimum absolute atomic E-state index is 0.152. The van der Waals surface area contributed by atoms with Gasteiger partial charge in [0, 0.05) is 35.6 Å². The lowest BCUT2D eigenvalue weighted by Crippen LogP contribution is -2.34. The number of aromatic nitrogens is 2. The largest absolute Gasteiger partial charge is 0.497 e. The van der Waals surface area contributed by atoms with Gasteiger partial charge in [-0.25, -0.2) is 9.48 Å². The van der Waals surface area contributed by atoms with Gasteiger partial charge in [-0.2, -0.15) is 5.10 Å². The molecule has 9 nitrogen and oxygen atoms in total. The van der Waals surface area contributed by atoms with Crippen molar-refractivity contribution in [2.45, 2.75) is 58.3 Å². The lowest BCUT2D eigenvalue weighted by Gasteiger charge is -2.30. The van der Waals surface area contributed by atoms with Gasteiger partial charge in [0.1, 0.15) is 23.1 Å². The van der Waals surface area contributed by atoms with E-state index in [1.165, 1.54) is 0 Å². The van der Waals surface area contributed by atoms with Crippen LogP contribution in [-0.2, 0) is 16.6 Å². The van der Waals surface area contributed by atoms with Crippen LogP contribution in [0.4, 0.5) is 16.3 Å². The van der Waals surface area contributed by atoms with Gasteiger partial charge in [-0.15, -0.1) is 0 Å². The molecule has 1 aliphatic rings. The summed E-state index contributed by atoms with van der Waals surface area (Å²) in [5, 5.41) is 14.2. The average Bonchev–Trinajstić information content (AvgIpc) is 3.47. The summed E-state index contributed by atoms with van der Waals surface area (Å²) in [6, 6.07) is 22.8. The summed E-state index contributed by atoms with van der Waals surface area (Å²) in [6.45, 7) is 10.1. The Morgan fingerprint density at radius 3 is 2.13 bits per heavy atom. The van der Waals surface area contributed by atoms with E-state index in [1.54, 1.807) is 25.0 Å². The van der Waals surface area contributed by atoms with Crippen molar-refractivity contribution >= 4 is 23.3 Å². The molecule has 0 spiro atoms. The van der Waals surface area contributed by atoms with Gasteiger partial charge < -0.3 is 20.1 Å². The zero-order chi connectivity index (χ0) is 32.8. The van der Waals surface area contributed by atoms with Crippen LogP contribution in [0.15, 0.2) is 72.8 Å². The minimum atomic E-state index is -0.376. The molecular formula is C37H45N5O4. The molecule has 1 aromatic heterocycles. The van der Waals surface area contributed by atoms with Crippen LogP contribution in [-0.4, -0.2) is 48.9 Å². The number of rotatable bonds is 10. The number of hydrogen-bond donors (Lipinski definition) is 3. The Balaban J connectivity index is 1.33. The molecule has 0 radical (unpaired) electrons. The summed E-state index contributed by atoms with van der Waals surface area (Å²) in [5.41, 5.74) is 5.12. The van der Waals surface area contributed by atoms with Crippen molar-refractivity contribution < 1.29 is 19.1 Å². The first-order valence-corrected chi connectivity index (χ1v) is 15.8. The molecule has 4 aromatic rings. The number of carbonyl (C=O) groups is 2. The molecule has 1 atom stereocenters. The van der Waals surface area contributed by atoms with E-state index >= 15 is 0 Å². The molecule has 2 heterocycles. The highest BCUT2D eigenvalue weighted by atomic mass is 16.5. The topological polar surface area (TPSA) is 107 Å². The Morgan fingerprint density at radius 1 is 0.913 bits per heavy atom. The predicted octanol–water partition coefficient (Wildman–Crippen LogP) is 7.03. The summed E-state index contributed by atoms with van der Waals surface area (Å²) in [7, 11) is 3.21. The molecule has 1 fully saturated rings. The molecule has 0 saturated carbocycles. The Morgan fingerprint density at radius 2 is 1.54 bits per heavy atom. The number of benzene rings is 3. The third-order valence-corrected chi connectivity index (χ3v) is 8.52. The smallest absolute Gasteiger partial charge is 0.324 e. The fourth-order valence-corrected chi connectivity index (χ4v) is 5.95. The molecule has 0 bridgehead atoms. The number of amides is 2. The Labute approximate surface area is 271 Å². The van der Waals surface area contributed by atoms with E-state index in [9.17, 15) is 9.59 Å². The number of methoxy groups -OCH3 is 2. The monoisotopic (exact) mass is 623 g/mol. The quantitative estimate of drug-likeness (QED) is 0.175. The van der Waals surface area contributed by atoms with Crippen molar-refractivity contribution in [3.05, 3.63) is 95.2 Å². The number of nitrogens with zero attached hydrogens (tertiary/aromatic N) is 2. The van der Waals surface area contributed by atoms with E-state index in [0.29, 0.717) is 23.0 Å². The standard InChI is InChI=1S/C37H45N5O4/c1-24-7-13-29(14-8-24)42-34(23-33(41-42)37(2,3)4)40-36(44)39-28-11-9-26(10-12-28)35(27-15-17-38-18-16-27)32(43)21-25-19-30(45-5)22-31(20-25)46-6/h7-14,19-20,22-23,27,35,38H,15-18,21H2,1-6H3,(H2,39,40,44). The molecule has 1 aliphatic heterocycles. The fraction of sp³-hybridized carbons (Fsp3) is 0.378. The number of anilines is 2. The molecule has 5 rings (SSSR count). The van der Waals surface area contributed by atoms with Gasteiger partial charge in [-0.05, 0) is 86.3 Å². The first-order chi connectivity index (χ1) is 22.0. The summed E-state index contributed by atoms with van der Waals surface area (Å²) < 4.78 is 12.6. The molecule has 242 valence electrons. The van der Waals surface area contributed by atoms with Crippen LogP contribution in [0.1, 0.15) is 61.9 Å². The number of Topliss-reactive ketones (excluding diaryl/α,β-unsaturated/α-hetero) is 1. The first kappa shape index (κ1) is 32.8. The van der Waals surface area contributed by atoms with Crippen LogP contribution in [0.25, 0.3) is 5.69 Å². The lowest BCUT2D eigenvalue weighted by atomic mass is 9.76. The third-order valence-electron chi connectivity index (χ3n) is 8.52. The van der Waals surface area contributed by atoms with Gasteiger partial charge in [-0.3, -0.25) is 10.1 Å². The van der Waals surface area contributed by atoms with E-state index in [2.05, 4.69) is 36.7 Å². The Bertz CT molecular complexity index is 1630. The van der Waals surface area contributed by atoms with Crippen molar-refractivity contribution in [1.29, 1.82) is 0 Å². The average molecular weight is 624 g/mol. The van der Waals surface area contributed by atoms with Crippen molar-refractivity contribution in [2.75, 3.05) is 37.9 Å². The van der Waals surface area contributed by atoms with Gasteiger partial charge >= 0.3 is 6.03 Å². The number of hydrogen-bond acceptors (Lipinski definition) is 6. The first-order valence-electron chi connectivity index (χ1n) is 15.8. The molecule has 46 heavy (non-hydrogen) atoms. The third kappa shape index (κ3) is 7.95. The second-order valence-electron chi connectivity index (χ2n) is 13.0. The SMILES string of the molecule is COc1cc(CC(=O)C(c2ccc(NC(=O)Nc3cc(C(C)(C)C)nn3-c3ccc(C)cc3)cc2)C2CCNCC2)cc(OC)c1. The second kappa shape index (κ2) is 14.2. The van der Waals surface area contributed by atoms with E-state index < -0.39 is 0 Å². The maximum atomic E-state index is 13.9. The van der Waals surface area contributed by atoms with Crippen LogP contribution in [0.2, 0.25) is 0 Å². The molecule has 3 N–H and O–H groups in total. The van der Waals surface area contributed by atoms with Gasteiger partial charge in [0.05, 0.1) is 25.6 Å². The van der Waals surface area contributed by atoms with Crippen LogP contribution in [0.3, 0.4) is 0 Å². The van der Waals surface area contributed by atoms with Crippen molar-refractivity contribution in [3.63, 3.8) is 0 Å². The van der Waals surface area contributed by atoms with Crippen LogP contribution in [0.5, 0.6) is 11.5 Å². The second-order valence-corrected chi connectivity index (χ2v) is 13.0. The molecule has 0 aliphatic carbocycles. The lowest BCUT2D eigenvalue weighted by molar-refractivity contribution is -0.121. The highest BCUT2D eigenvalue weighted by Crippen LogP contribution is 2.35. The normalized spacial score (nSPS) is 14.4. The highest BCUT2D eigenvalue weighted by Gasteiger charge is 2.31. The summed E-state index contributed by atoms with van der Waals surface area (Å²) in [4.78, 5) is 27.1. The predicted molar refractivity (Wildman–Crippen MR) is 183 cm³/mol. The van der Waals surface area contributed by atoms with Crippen molar-refractivity contribution in [3.8, 4) is 17.2 Å².